The van der Waals surface area contributed by atoms with Crippen molar-refractivity contribution in [1.29, 1.82) is 0 Å². The van der Waals surface area contributed by atoms with Gasteiger partial charge in [-0.15, -0.1) is 0 Å². The highest BCUT2D eigenvalue weighted by molar-refractivity contribution is 5.34. The van der Waals surface area contributed by atoms with Gasteiger partial charge in [-0.05, 0) is 45.4 Å². The molecular weight excluding hydrogens is 146 g/mol. The first-order valence-corrected chi connectivity index (χ1v) is 4.70. The quantitative estimate of drug-likeness (QED) is 0.533. The molecule has 0 radical (unpaired) electrons. The number of rotatable bonds is 0. The zero-order valence-electron chi connectivity index (χ0n) is 8.59. The maximum atomic E-state index is 2.41. The van der Waals surface area contributed by atoms with E-state index < -0.39 is 0 Å². The predicted molar refractivity (Wildman–Crippen MR) is 54.2 cm³/mol. The fourth-order valence-corrected chi connectivity index (χ4v) is 1.71. The second kappa shape index (κ2) is 3.90. The van der Waals surface area contributed by atoms with Crippen LogP contribution in [0.2, 0.25) is 0 Å². The SMILES string of the molecule is C/C=C1/CC(C)N(C)C/C1=C/C. The summed E-state index contributed by atoms with van der Waals surface area (Å²) in [7, 11) is 2.20. The fourth-order valence-electron chi connectivity index (χ4n) is 1.71. The van der Waals surface area contributed by atoms with E-state index >= 15 is 0 Å². The highest BCUT2D eigenvalue weighted by Gasteiger charge is 2.20. The zero-order valence-corrected chi connectivity index (χ0v) is 8.59. The van der Waals surface area contributed by atoms with E-state index in [1.54, 1.807) is 0 Å². The van der Waals surface area contributed by atoms with Crippen LogP contribution in [0.3, 0.4) is 0 Å². The number of hydrogen-bond donors (Lipinski definition) is 0. The molecule has 68 valence electrons. The van der Waals surface area contributed by atoms with E-state index in [-0.39, 0.29) is 0 Å². The third-order valence-electron chi connectivity index (χ3n) is 2.80. The molecule has 12 heavy (non-hydrogen) atoms. The maximum Gasteiger partial charge on any atom is 0.0232 e. The lowest BCUT2D eigenvalue weighted by molar-refractivity contribution is 0.259. The molecule has 1 aliphatic heterocycles. The molecule has 0 N–H and O–H groups in total. The lowest BCUT2D eigenvalue weighted by Gasteiger charge is -2.33. The van der Waals surface area contributed by atoms with Crippen LogP contribution in [0.15, 0.2) is 23.3 Å². The summed E-state index contributed by atoms with van der Waals surface area (Å²) in [5.41, 5.74) is 3.03. The minimum absolute atomic E-state index is 0.694. The van der Waals surface area contributed by atoms with Crippen LogP contribution in [0, 0.1) is 0 Å². The molecule has 1 fully saturated rings. The Bertz CT molecular complexity index is 189. The van der Waals surface area contributed by atoms with Crippen molar-refractivity contribution in [3.8, 4) is 0 Å². The Balaban J connectivity index is 2.79. The molecule has 0 spiro atoms. The van der Waals surface area contributed by atoms with Crippen LogP contribution in [0.25, 0.3) is 0 Å². The minimum Gasteiger partial charge on any atom is -0.299 e. The molecule has 0 aromatic heterocycles. The number of likely N-dealkylation sites (N-methyl/N-ethyl adjacent to an activating group) is 1. The van der Waals surface area contributed by atoms with E-state index in [1.165, 1.54) is 17.6 Å². The Morgan fingerprint density at radius 1 is 1.25 bits per heavy atom. The number of nitrogens with zero attached hydrogens (tertiary/aromatic N) is 1. The van der Waals surface area contributed by atoms with Gasteiger partial charge in [0, 0.05) is 12.6 Å². The molecule has 0 saturated carbocycles. The van der Waals surface area contributed by atoms with E-state index in [0.717, 1.165) is 6.54 Å². The number of likely N-dealkylation sites (tertiary alicyclic amines) is 1. The molecule has 1 nitrogen and oxygen atoms in total. The molecule has 1 rings (SSSR count). The Hall–Kier alpha value is -0.560. The molecule has 1 unspecified atom stereocenters. The summed E-state index contributed by atoms with van der Waals surface area (Å²) in [6, 6.07) is 0.694. The third kappa shape index (κ3) is 1.78. The van der Waals surface area contributed by atoms with Gasteiger partial charge in [0.05, 0.1) is 0 Å². The van der Waals surface area contributed by atoms with E-state index in [2.05, 4.69) is 44.9 Å². The summed E-state index contributed by atoms with van der Waals surface area (Å²) >= 11 is 0. The Morgan fingerprint density at radius 3 is 2.33 bits per heavy atom. The van der Waals surface area contributed by atoms with Crippen molar-refractivity contribution in [2.24, 2.45) is 0 Å². The van der Waals surface area contributed by atoms with Crippen molar-refractivity contribution in [3.63, 3.8) is 0 Å². The van der Waals surface area contributed by atoms with Gasteiger partial charge in [-0.2, -0.15) is 0 Å². The second-order valence-electron chi connectivity index (χ2n) is 3.60. The Labute approximate surface area is 75.8 Å². The van der Waals surface area contributed by atoms with Crippen molar-refractivity contribution < 1.29 is 0 Å². The predicted octanol–water partition coefficient (Wildman–Crippen LogP) is 2.60. The summed E-state index contributed by atoms with van der Waals surface area (Å²) in [4.78, 5) is 2.41. The van der Waals surface area contributed by atoms with Crippen LogP contribution in [0.1, 0.15) is 27.2 Å². The molecule has 0 bridgehead atoms. The highest BCUT2D eigenvalue weighted by atomic mass is 15.1. The maximum absolute atomic E-state index is 2.41. The molecule has 1 atom stereocenters. The van der Waals surface area contributed by atoms with E-state index in [4.69, 9.17) is 0 Å². The van der Waals surface area contributed by atoms with Crippen LogP contribution in [0.4, 0.5) is 0 Å². The summed E-state index contributed by atoms with van der Waals surface area (Å²) in [6.45, 7) is 7.66. The monoisotopic (exact) mass is 165 g/mol. The van der Waals surface area contributed by atoms with Crippen molar-refractivity contribution >= 4 is 0 Å². The van der Waals surface area contributed by atoms with Crippen molar-refractivity contribution in [2.45, 2.75) is 33.2 Å². The normalized spacial score (nSPS) is 33.2. The zero-order chi connectivity index (χ0) is 9.14. The van der Waals surface area contributed by atoms with Crippen molar-refractivity contribution in [3.05, 3.63) is 23.3 Å². The van der Waals surface area contributed by atoms with Gasteiger partial charge in [-0.25, -0.2) is 0 Å². The molecule has 0 aromatic rings. The van der Waals surface area contributed by atoms with E-state index in [0.29, 0.717) is 6.04 Å². The first-order chi connectivity index (χ1) is 5.69. The summed E-state index contributed by atoms with van der Waals surface area (Å²) in [5, 5.41) is 0. The molecule has 1 saturated heterocycles. The Kier molecular flexibility index (Phi) is 3.10. The van der Waals surface area contributed by atoms with Gasteiger partial charge in [-0.3, -0.25) is 4.90 Å². The van der Waals surface area contributed by atoms with Gasteiger partial charge in [0.2, 0.25) is 0 Å². The average molecular weight is 165 g/mol. The number of piperidine rings is 1. The standard InChI is InChI=1S/C11H19N/c1-5-10-7-9(3)12(4)8-11(10)6-2/h5-6,9H,7-8H2,1-4H3/b10-5-,11-6-. The lowest BCUT2D eigenvalue weighted by Crippen LogP contribution is -2.36. The topological polar surface area (TPSA) is 3.24 Å². The smallest absolute Gasteiger partial charge is 0.0232 e. The molecule has 1 aliphatic rings. The average Bonchev–Trinajstić information content (AvgIpc) is 2.09. The first-order valence-electron chi connectivity index (χ1n) is 4.70. The van der Waals surface area contributed by atoms with Gasteiger partial charge >= 0.3 is 0 Å². The molecule has 0 aromatic carbocycles. The third-order valence-corrected chi connectivity index (χ3v) is 2.80. The minimum atomic E-state index is 0.694. The van der Waals surface area contributed by atoms with Crippen LogP contribution in [-0.4, -0.2) is 24.5 Å². The van der Waals surface area contributed by atoms with Crippen LogP contribution in [-0.2, 0) is 0 Å². The molecule has 0 amide bonds. The van der Waals surface area contributed by atoms with Gasteiger partial charge in [-0.1, -0.05) is 12.2 Å². The highest BCUT2D eigenvalue weighted by Crippen LogP contribution is 2.25. The first kappa shape index (κ1) is 9.53. The number of allylic oxidation sites excluding steroid dienone is 2. The van der Waals surface area contributed by atoms with E-state index in [1.807, 2.05) is 0 Å². The molecular formula is C11H19N. The number of hydrogen-bond acceptors (Lipinski definition) is 1. The van der Waals surface area contributed by atoms with Gasteiger partial charge < -0.3 is 0 Å². The van der Waals surface area contributed by atoms with Crippen LogP contribution >= 0.6 is 0 Å². The fraction of sp³-hybridized carbons (Fsp3) is 0.636. The largest absolute Gasteiger partial charge is 0.299 e. The second-order valence-corrected chi connectivity index (χ2v) is 3.60. The Morgan fingerprint density at radius 2 is 1.83 bits per heavy atom. The van der Waals surface area contributed by atoms with Gasteiger partial charge in [0.25, 0.3) is 0 Å². The van der Waals surface area contributed by atoms with Crippen molar-refractivity contribution in [2.75, 3.05) is 13.6 Å². The van der Waals surface area contributed by atoms with Crippen LogP contribution in [0.5, 0.6) is 0 Å². The van der Waals surface area contributed by atoms with Gasteiger partial charge in [0.1, 0.15) is 0 Å². The van der Waals surface area contributed by atoms with Crippen LogP contribution < -0.4 is 0 Å². The molecule has 1 heterocycles. The molecule has 1 heteroatoms. The summed E-state index contributed by atoms with van der Waals surface area (Å²) in [5.74, 6) is 0. The van der Waals surface area contributed by atoms with E-state index in [9.17, 15) is 0 Å². The van der Waals surface area contributed by atoms with Crippen molar-refractivity contribution in [1.82, 2.24) is 4.90 Å². The molecule has 0 aliphatic carbocycles. The summed E-state index contributed by atoms with van der Waals surface area (Å²) in [6.07, 6.45) is 5.68. The van der Waals surface area contributed by atoms with Gasteiger partial charge in [0.15, 0.2) is 0 Å². The lowest BCUT2D eigenvalue weighted by atomic mass is 9.93. The summed E-state index contributed by atoms with van der Waals surface area (Å²) < 4.78 is 0.